The number of allylic oxidation sites excluding steroid dienone is 2. The number of rotatable bonds is 14. The van der Waals surface area contributed by atoms with Crippen LogP contribution >= 0.6 is 0 Å². The van der Waals surface area contributed by atoms with Gasteiger partial charge in [-0.05, 0) is 37.3 Å². The summed E-state index contributed by atoms with van der Waals surface area (Å²) in [5.74, 6) is -2.79. The average molecular weight is 547 g/mol. The molecule has 0 radical (unpaired) electrons. The molecule has 11 nitrogen and oxygen atoms in total. The van der Waals surface area contributed by atoms with Gasteiger partial charge in [-0.2, -0.15) is 0 Å². The van der Waals surface area contributed by atoms with Crippen molar-refractivity contribution >= 4 is 23.5 Å². The number of aryl methyl sites for hydroxylation is 1. The fourth-order valence-corrected chi connectivity index (χ4v) is 5.08. The molecular weight excluding hydrogens is 508 g/mol. The van der Waals surface area contributed by atoms with Gasteiger partial charge in [0, 0.05) is 37.2 Å². The molecule has 39 heavy (non-hydrogen) atoms. The summed E-state index contributed by atoms with van der Waals surface area (Å²) in [5, 5.41) is 22.5. The van der Waals surface area contributed by atoms with Gasteiger partial charge in [0.2, 0.25) is 0 Å². The molecule has 6 unspecified atom stereocenters. The number of aliphatic hydroxyl groups is 1. The molecule has 0 saturated heterocycles. The van der Waals surface area contributed by atoms with Crippen molar-refractivity contribution in [2.45, 2.75) is 85.0 Å². The lowest BCUT2D eigenvalue weighted by Crippen LogP contribution is -2.45. The number of Topliss-reactive ketones (excluding diaryl/α,β-unsaturated/α-hetero) is 1. The highest BCUT2D eigenvalue weighted by Gasteiger charge is 2.45. The van der Waals surface area contributed by atoms with Crippen LogP contribution in [-0.2, 0) is 35.4 Å². The number of aliphatic carboxylic acids is 1. The third-order valence-electron chi connectivity index (χ3n) is 7.46. The van der Waals surface area contributed by atoms with Crippen molar-refractivity contribution < 1.29 is 43.5 Å². The third-order valence-corrected chi connectivity index (χ3v) is 7.46. The van der Waals surface area contributed by atoms with E-state index < -0.39 is 30.5 Å². The maximum Gasteiger partial charge on any atom is 0.308 e. The number of nitrogens with one attached hydrogen (secondary N) is 1. The minimum absolute atomic E-state index is 0.0581. The Kier molecular flexibility index (Phi) is 10.6. The van der Waals surface area contributed by atoms with Crippen LogP contribution in [0.1, 0.15) is 70.8 Å². The van der Waals surface area contributed by atoms with E-state index in [0.29, 0.717) is 36.3 Å². The van der Waals surface area contributed by atoms with Crippen molar-refractivity contribution in [2.24, 2.45) is 23.7 Å². The number of fused-ring (bicyclic) bond motifs is 1. The van der Waals surface area contributed by atoms with E-state index in [2.05, 4.69) is 10.6 Å². The van der Waals surface area contributed by atoms with E-state index in [0.717, 1.165) is 5.69 Å². The molecule has 0 amide bonds. The standard InChI is InChI=1S/C28H38N2O9/c1-5-15(2)28(36)38-25-9-8-23(30-37-14-20-10-16(3)29-39-20)22-13-24(33)17(4)21(27(22)25)7-6-18(31)11-19(32)12-26(34)35/h8,10,13,15,17,19,21,25,27,30,32H,5-7,9,11-12,14H2,1-4H3,(H,34,35). The van der Waals surface area contributed by atoms with E-state index in [1.54, 1.807) is 32.9 Å². The number of carboxylic acid groups (broad SMARTS) is 1. The van der Waals surface area contributed by atoms with Gasteiger partial charge >= 0.3 is 11.9 Å². The monoisotopic (exact) mass is 546 g/mol. The van der Waals surface area contributed by atoms with Crippen molar-refractivity contribution in [3.05, 3.63) is 40.9 Å². The van der Waals surface area contributed by atoms with Gasteiger partial charge in [-0.15, -0.1) is 0 Å². The van der Waals surface area contributed by atoms with E-state index in [1.807, 2.05) is 13.0 Å². The first-order valence-corrected chi connectivity index (χ1v) is 13.4. The van der Waals surface area contributed by atoms with Gasteiger partial charge in [-0.1, -0.05) is 32.0 Å². The Morgan fingerprint density at radius 3 is 2.67 bits per heavy atom. The van der Waals surface area contributed by atoms with Gasteiger partial charge in [0.25, 0.3) is 0 Å². The first kappa shape index (κ1) is 30.2. The zero-order valence-electron chi connectivity index (χ0n) is 22.8. The van der Waals surface area contributed by atoms with Gasteiger partial charge in [-0.25, -0.2) is 0 Å². The minimum atomic E-state index is -1.26. The molecule has 6 atom stereocenters. The molecule has 1 aromatic heterocycles. The molecule has 0 saturated carbocycles. The predicted molar refractivity (Wildman–Crippen MR) is 138 cm³/mol. The van der Waals surface area contributed by atoms with Crippen molar-refractivity contribution in [2.75, 3.05) is 0 Å². The molecule has 3 N–H and O–H groups in total. The number of carbonyl (C=O) groups excluding carboxylic acids is 3. The fourth-order valence-electron chi connectivity index (χ4n) is 5.08. The molecule has 0 fully saturated rings. The van der Waals surface area contributed by atoms with Crippen LogP contribution in [0.5, 0.6) is 0 Å². The highest BCUT2D eigenvalue weighted by Crippen LogP contribution is 2.45. The topological polar surface area (TPSA) is 165 Å². The summed E-state index contributed by atoms with van der Waals surface area (Å²) in [4.78, 5) is 54.8. The van der Waals surface area contributed by atoms with E-state index in [4.69, 9.17) is 19.2 Å². The molecule has 0 aliphatic heterocycles. The fraction of sp³-hybridized carbons (Fsp3) is 0.607. The summed E-state index contributed by atoms with van der Waals surface area (Å²) in [5.41, 5.74) is 4.86. The summed E-state index contributed by atoms with van der Waals surface area (Å²) < 4.78 is 11.1. The molecule has 2 aliphatic rings. The maximum absolute atomic E-state index is 13.0. The molecular formula is C28H38N2O9. The van der Waals surface area contributed by atoms with Gasteiger partial charge < -0.3 is 19.5 Å². The van der Waals surface area contributed by atoms with Crippen LogP contribution in [-0.4, -0.2) is 51.1 Å². The third kappa shape index (κ3) is 8.09. The Morgan fingerprint density at radius 2 is 2.03 bits per heavy atom. The Hall–Kier alpha value is -3.31. The van der Waals surface area contributed by atoms with Gasteiger partial charge in [0.05, 0.1) is 29.8 Å². The lowest BCUT2D eigenvalue weighted by molar-refractivity contribution is -0.157. The summed E-state index contributed by atoms with van der Waals surface area (Å²) in [6.45, 7) is 7.40. The van der Waals surface area contributed by atoms with E-state index in [1.165, 1.54) is 0 Å². The zero-order chi connectivity index (χ0) is 28.7. The lowest BCUT2D eigenvalue weighted by Gasteiger charge is -2.43. The second kappa shape index (κ2) is 13.7. The van der Waals surface area contributed by atoms with Crippen LogP contribution in [0.25, 0.3) is 0 Å². The van der Waals surface area contributed by atoms with Crippen LogP contribution in [0.4, 0.5) is 0 Å². The highest BCUT2D eigenvalue weighted by molar-refractivity contribution is 5.94. The Labute approximate surface area is 227 Å². The van der Waals surface area contributed by atoms with Gasteiger partial charge in [-0.3, -0.25) is 29.5 Å². The summed E-state index contributed by atoms with van der Waals surface area (Å²) in [6, 6.07) is 1.75. The average Bonchev–Trinajstić information content (AvgIpc) is 3.29. The SMILES string of the molecule is CCC(C)C(=O)OC1CC=C(NOCc2cc(C)no2)C2=CC(=O)C(C)C(CCC(=O)CC(O)CC(=O)O)C21. The van der Waals surface area contributed by atoms with Crippen molar-refractivity contribution in [1.29, 1.82) is 0 Å². The zero-order valence-corrected chi connectivity index (χ0v) is 22.8. The summed E-state index contributed by atoms with van der Waals surface area (Å²) in [6.07, 6.45) is 2.18. The number of carboxylic acids is 1. The normalized spacial score (nSPS) is 24.2. The minimum Gasteiger partial charge on any atom is -0.481 e. The first-order valence-electron chi connectivity index (χ1n) is 13.4. The lowest BCUT2D eigenvalue weighted by atomic mass is 9.65. The molecule has 3 rings (SSSR count). The van der Waals surface area contributed by atoms with Crippen LogP contribution in [0, 0.1) is 30.6 Å². The first-order chi connectivity index (χ1) is 18.5. The number of nitrogens with zero attached hydrogens (tertiary/aromatic N) is 1. The molecule has 0 aromatic carbocycles. The number of aromatic nitrogens is 1. The number of hydrogen-bond acceptors (Lipinski definition) is 10. The maximum atomic E-state index is 13.0. The number of ether oxygens (including phenoxy) is 1. The molecule has 11 heteroatoms. The molecule has 214 valence electrons. The van der Waals surface area contributed by atoms with Crippen LogP contribution in [0.15, 0.2) is 34.0 Å². The quantitative estimate of drug-likeness (QED) is 0.232. The molecule has 1 aromatic rings. The number of hydrogen-bond donors (Lipinski definition) is 3. The Morgan fingerprint density at radius 1 is 1.28 bits per heavy atom. The number of aliphatic hydroxyl groups excluding tert-OH is 1. The summed E-state index contributed by atoms with van der Waals surface area (Å²) >= 11 is 0. The van der Waals surface area contributed by atoms with Gasteiger partial charge in [0.15, 0.2) is 11.5 Å². The van der Waals surface area contributed by atoms with Crippen molar-refractivity contribution in [3.8, 4) is 0 Å². The Bertz CT molecular complexity index is 1120. The smallest absolute Gasteiger partial charge is 0.308 e. The van der Waals surface area contributed by atoms with E-state index >= 15 is 0 Å². The second-order valence-corrected chi connectivity index (χ2v) is 10.5. The van der Waals surface area contributed by atoms with E-state index in [9.17, 15) is 24.3 Å². The number of hydroxylamine groups is 1. The Balaban J connectivity index is 1.79. The highest BCUT2D eigenvalue weighted by atomic mass is 16.7. The molecule has 1 heterocycles. The van der Waals surface area contributed by atoms with Crippen LogP contribution in [0.3, 0.4) is 0 Å². The number of ketones is 2. The van der Waals surface area contributed by atoms with Crippen LogP contribution in [0.2, 0.25) is 0 Å². The largest absolute Gasteiger partial charge is 0.481 e. The number of esters is 1. The molecule has 0 bridgehead atoms. The number of carbonyl (C=O) groups is 4. The molecule has 2 aliphatic carbocycles. The van der Waals surface area contributed by atoms with Gasteiger partial charge in [0.1, 0.15) is 18.5 Å². The predicted octanol–water partition coefficient (Wildman–Crippen LogP) is 3.20. The van der Waals surface area contributed by atoms with Crippen LogP contribution < -0.4 is 5.48 Å². The van der Waals surface area contributed by atoms with Crippen molar-refractivity contribution in [3.63, 3.8) is 0 Å². The van der Waals surface area contributed by atoms with Crippen molar-refractivity contribution in [1.82, 2.24) is 10.6 Å². The summed E-state index contributed by atoms with van der Waals surface area (Å²) in [7, 11) is 0. The van der Waals surface area contributed by atoms with E-state index in [-0.39, 0.29) is 54.7 Å². The molecule has 0 spiro atoms. The second-order valence-electron chi connectivity index (χ2n) is 10.5.